The van der Waals surface area contributed by atoms with Crippen LogP contribution in [0, 0.1) is 5.92 Å². The number of carbonyl (C=O) groups excluding carboxylic acids is 2. The highest BCUT2D eigenvalue weighted by Crippen LogP contribution is 2.34. The third-order valence-electron chi connectivity index (χ3n) is 3.97. The Morgan fingerprint density at radius 2 is 1.82 bits per heavy atom. The van der Waals surface area contributed by atoms with Crippen molar-refractivity contribution in [2.24, 2.45) is 5.92 Å². The minimum Gasteiger partial charge on any atom is -0.388 e. The Labute approximate surface area is 101 Å². The van der Waals surface area contributed by atoms with Gasteiger partial charge >= 0.3 is 0 Å². The number of carbonyl (C=O) groups is 2. The van der Waals surface area contributed by atoms with E-state index in [9.17, 15) is 14.7 Å². The normalized spacial score (nSPS) is 33.5. The molecule has 0 aromatic heterocycles. The summed E-state index contributed by atoms with van der Waals surface area (Å²) in [6.07, 6.45) is 7.00. The van der Waals surface area contributed by atoms with Gasteiger partial charge in [0.2, 0.25) is 0 Å². The van der Waals surface area contributed by atoms with Gasteiger partial charge in [-0.15, -0.1) is 0 Å². The van der Waals surface area contributed by atoms with Crippen molar-refractivity contribution in [1.29, 1.82) is 0 Å². The summed E-state index contributed by atoms with van der Waals surface area (Å²) in [5, 5.41) is 10.4. The second-order valence-electron chi connectivity index (χ2n) is 5.17. The Hall–Kier alpha value is -1.16. The first-order valence-corrected chi connectivity index (χ1v) is 6.30. The molecule has 1 N–H and O–H groups in total. The van der Waals surface area contributed by atoms with Crippen LogP contribution in [0.1, 0.15) is 39.0 Å². The van der Waals surface area contributed by atoms with Crippen LogP contribution in [0.3, 0.4) is 0 Å². The first kappa shape index (κ1) is 12.3. The van der Waals surface area contributed by atoms with Crippen molar-refractivity contribution >= 4 is 11.8 Å². The van der Waals surface area contributed by atoms with Crippen molar-refractivity contribution in [1.82, 2.24) is 4.90 Å². The first-order valence-electron chi connectivity index (χ1n) is 6.30. The predicted molar refractivity (Wildman–Crippen MR) is 63.1 cm³/mol. The fourth-order valence-electron chi connectivity index (χ4n) is 2.66. The number of hydrogen-bond acceptors (Lipinski definition) is 3. The molecule has 0 bridgehead atoms. The van der Waals surface area contributed by atoms with E-state index in [2.05, 4.69) is 6.92 Å². The Bertz CT molecular complexity index is 336. The van der Waals surface area contributed by atoms with Crippen LogP contribution in [0.2, 0.25) is 0 Å². The highest BCUT2D eigenvalue weighted by Gasteiger charge is 2.37. The monoisotopic (exact) mass is 237 g/mol. The van der Waals surface area contributed by atoms with Gasteiger partial charge in [0.15, 0.2) is 0 Å². The van der Waals surface area contributed by atoms with E-state index in [4.69, 9.17) is 0 Å². The zero-order valence-corrected chi connectivity index (χ0v) is 10.2. The molecule has 2 rings (SSSR count). The molecule has 4 heteroatoms. The van der Waals surface area contributed by atoms with Gasteiger partial charge < -0.3 is 5.11 Å². The molecule has 1 aliphatic heterocycles. The predicted octanol–water partition coefficient (Wildman–Crippen LogP) is 1.24. The van der Waals surface area contributed by atoms with E-state index in [1.54, 1.807) is 0 Å². The van der Waals surface area contributed by atoms with Crippen molar-refractivity contribution in [3.8, 4) is 0 Å². The molecule has 1 fully saturated rings. The molecule has 0 aromatic rings. The van der Waals surface area contributed by atoms with Gasteiger partial charge in [0.05, 0.1) is 12.1 Å². The van der Waals surface area contributed by atoms with Crippen molar-refractivity contribution in [2.45, 2.75) is 44.6 Å². The summed E-state index contributed by atoms with van der Waals surface area (Å²) >= 11 is 0. The molecule has 0 atom stereocenters. The van der Waals surface area contributed by atoms with E-state index in [0.29, 0.717) is 18.8 Å². The zero-order chi connectivity index (χ0) is 12.5. The van der Waals surface area contributed by atoms with Crippen molar-refractivity contribution in [3.05, 3.63) is 12.2 Å². The quantitative estimate of drug-likeness (QED) is 0.751. The van der Waals surface area contributed by atoms with Gasteiger partial charge in [0.25, 0.3) is 11.8 Å². The summed E-state index contributed by atoms with van der Waals surface area (Å²) in [5.74, 6) is 0.0699. The lowest BCUT2D eigenvalue weighted by atomic mass is 9.77. The van der Waals surface area contributed by atoms with Gasteiger partial charge in [-0.05, 0) is 31.6 Å². The molecular weight excluding hydrogens is 218 g/mol. The average Bonchev–Trinajstić information content (AvgIpc) is 2.62. The van der Waals surface area contributed by atoms with E-state index in [1.165, 1.54) is 12.2 Å². The standard InChI is InChI=1S/C13H19NO3/c1-2-10-5-7-13(17,8-6-10)9-14-11(15)3-4-12(14)16/h3-4,10,17H,2,5-9H2,1H3. The summed E-state index contributed by atoms with van der Waals surface area (Å²) in [6.45, 7) is 2.31. The topological polar surface area (TPSA) is 57.6 Å². The summed E-state index contributed by atoms with van der Waals surface area (Å²) in [7, 11) is 0. The second-order valence-corrected chi connectivity index (χ2v) is 5.17. The van der Waals surface area contributed by atoms with Crippen LogP contribution in [0.15, 0.2) is 12.2 Å². The van der Waals surface area contributed by atoms with Crippen molar-refractivity contribution < 1.29 is 14.7 Å². The maximum absolute atomic E-state index is 11.4. The highest BCUT2D eigenvalue weighted by molar-refractivity contribution is 6.12. The number of imide groups is 1. The van der Waals surface area contributed by atoms with Crippen LogP contribution < -0.4 is 0 Å². The van der Waals surface area contributed by atoms with Gasteiger partial charge in [0, 0.05) is 12.2 Å². The molecule has 1 heterocycles. The molecule has 0 spiro atoms. The molecule has 2 aliphatic rings. The molecule has 0 saturated heterocycles. The minimum atomic E-state index is -0.872. The summed E-state index contributed by atoms with van der Waals surface area (Å²) in [6, 6.07) is 0. The van der Waals surface area contributed by atoms with Gasteiger partial charge in [-0.2, -0.15) is 0 Å². The van der Waals surface area contributed by atoms with Crippen LogP contribution in [0.5, 0.6) is 0 Å². The Kier molecular flexibility index (Phi) is 3.33. The lowest BCUT2D eigenvalue weighted by Gasteiger charge is -2.37. The minimum absolute atomic E-state index is 0.147. The van der Waals surface area contributed by atoms with Crippen LogP contribution >= 0.6 is 0 Å². The molecule has 0 radical (unpaired) electrons. The number of nitrogens with zero attached hydrogens (tertiary/aromatic N) is 1. The third kappa shape index (κ3) is 2.57. The molecule has 17 heavy (non-hydrogen) atoms. The Morgan fingerprint density at radius 1 is 1.29 bits per heavy atom. The number of amides is 2. The summed E-state index contributed by atoms with van der Waals surface area (Å²) in [4.78, 5) is 24.0. The fraction of sp³-hybridized carbons (Fsp3) is 0.692. The van der Waals surface area contributed by atoms with E-state index in [-0.39, 0.29) is 18.4 Å². The fourth-order valence-corrected chi connectivity index (χ4v) is 2.66. The van der Waals surface area contributed by atoms with E-state index in [1.807, 2.05) is 0 Å². The zero-order valence-electron chi connectivity index (χ0n) is 10.2. The number of aliphatic hydroxyl groups is 1. The van der Waals surface area contributed by atoms with Gasteiger partial charge in [0.1, 0.15) is 0 Å². The lowest BCUT2D eigenvalue weighted by molar-refractivity contribution is -0.142. The first-order chi connectivity index (χ1) is 8.04. The van der Waals surface area contributed by atoms with Gasteiger partial charge in [-0.25, -0.2) is 0 Å². The van der Waals surface area contributed by atoms with Crippen molar-refractivity contribution in [2.75, 3.05) is 6.54 Å². The molecular formula is C13H19NO3. The summed E-state index contributed by atoms with van der Waals surface area (Å²) < 4.78 is 0. The Balaban J connectivity index is 1.95. The molecule has 2 amide bonds. The van der Waals surface area contributed by atoms with E-state index >= 15 is 0 Å². The van der Waals surface area contributed by atoms with Crippen LogP contribution in [-0.4, -0.2) is 34.0 Å². The molecule has 0 unspecified atom stereocenters. The maximum Gasteiger partial charge on any atom is 0.253 e. The molecule has 4 nitrogen and oxygen atoms in total. The maximum atomic E-state index is 11.4. The Morgan fingerprint density at radius 3 is 2.29 bits per heavy atom. The second kappa shape index (κ2) is 4.61. The van der Waals surface area contributed by atoms with Crippen LogP contribution in [-0.2, 0) is 9.59 Å². The number of hydrogen-bond donors (Lipinski definition) is 1. The van der Waals surface area contributed by atoms with Crippen LogP contribution in [0.4, 0.5) is 0 Å². The number of β-amino-alcohol motifs (C(OH)–C–C–N with tert-alkyl or cyclic N) is 1. The largest absolute Gasteiger partial charge is 0.388 e. The van der Waals surface area contributed by atoms with Gasteiger partial charge in [-0.3, -0.25) is 14.5 Å². The van der Waals surface area contributed by atoms with E-state index < -0.39 is 5.60 Å². The van der Waals surface area contributed by atoms with E-state index in [0.717, 1.165) is 24.2 Å². The number of rotatable bonds is 3. The van der Waals surface area contributed by atoms with Gasteiger partial charge in [-0.1, -0.05) is 13.3 Å². The summed E-state index contributed by atoms with van der Waals surface area (Å²) in [5.41, 5.74) is -0.872. The SMILES string of the molecule is CCC1CCC(O)(CN2C(=O)C=CC2=O)CC1. The third-order valence-corrected chi connectivity index (χ3v) is 3.97. The average molecular weight is 237 g/mol. The molecule has 0 aromatic carbocycles. The lowest BCUT2D eigenvalue weighted by Crippen LogP contribution is -2.47. The molecule has 1 aliphatic carbocycles. The smallest absolute Gasteiger partial charge is 0.253 e. The van der Waals surface area contributed by atoms with Crippen molar-refractivity contribution in [3.63, 3.8) is 0 Å². The molecule has 94 valence electrons. The highest BCUT2D eigenvalue weighted by atomic mass is 16.3. The van der Waals surface area contributed by atoms with Crippen LogP contribution in [0.25, 0.3) is 0 Å². The molecule has 1 saturated carbocycles.